The first-order chi connectivity index (χ1) is 13.2. The fourth-order valence-electron chi connectivity index (χ4n) is 2.94. The molecule has 0 unspecified atom stereocenters. The number of hydrogen-bond donors (Lipinski definition) is 2. The summed E-state index contributed by atoms with van der Waals surface area (Å²) in [6.45, 7) is 3.81. The third-order valence-corrected chi connectivity index (χ3v) is 4.67. The number of nitrogens with one attached hydrogen (secondary N) is 1. The van der Waals surface area contributed by atoms with Crippen LogP contribution in [-0.4, -0.2) is 22.1 Å². The van der Waals surface area contributed by atoms with Crippen LogP contribution in [0, 0.1) is 23.4 Å². The molecule has 1 aliphatic rings. The SMILES string of the molecule is CC(C)[C@H](NC(=O)C[C@H](N)Cc1cc(F)c(F)cc1F)c1nc(C2CC2)no1. The molecule has 1 saturated carbocycles. The third-order valence-electron chi connectivity index (χ3n) is 4.67. The van der Waals surface area contributed by atoms with Gasteiger partial charge in [0.1, 0.15) is 11.9 Å². The Bertz CT molecular complexity index is 852. The Morgan fingerprint density at radius 2 is 1.93 bits per heavy atom. The van der Waals surface area contributed by atoms with Crippen molar-refractivity contribution in [3.05, 3.63) is 46.9 Å². The van der Waals surface area contributed by atoms with Gasteiger partial charge in [-0.15, -0.1) is 0 Å². The molecule has 28 heavy (non-hydrogen) atoms. The van der Waals surface area contributed by atoms with Gasteiger partial charge in [-0.2, -0.15) is 4.98 Å². The van der Waals surface area contributed by atoms with Crippen molar-refractivity contribution in [2.45, 2.75) is 57.5 Å². The fraction of sp³-hybridized carbons (Fsp3) is 0.526. The number of carbonyl (C=O) groups is 1. The standard InChI is InChI=1S/C19H23F3N4O2/c1-9(2)17(19-25-18(26-28-19)10-3-4-10)24-16(27)7-12(23)5-11-6-14(21)15(22)8-13(11)20/h6,8-10,12,17H,3-5,7,23H2,1-2H3,(H,24,27)/t12-,17+/m1/s1. The van der Waals surface area contributed by atoms with Crippen molar-refractivity contribution in [1.82, 2.24) is 15.5 Å². The lowest BCUT2D eigenvalue weighted by molar-refractivity contribution is -0.122. The van der Waals surface area contributed by atoms with Gasteiger partial charge in [0.2, 0.25) is 11.8 Å². The van der Waals surface area contributed by atoms with E-state index in [1.54, 1.807) is 0 Å². The molecule has 0 spiro atoms. The second-order valence-electron chi connectivity index (χ2n) is 7.58. The van der Waals surface area contributed by atoms with Crippen molar-refractivity contribution in [1.29, 1.82) is 0 Å². The number of amides is 1. The van der Waals surface area contributed by atoms with Gasteiger partial charge in [0, 0.05) is 24.4 Å². The van der Waals surface area contributed by atoms with Gasteiger partial charge in [-0.1, -0.05) is 19.0 Å². The number of aromatic nitrogens is 2. The van der Waals surface area contributed by atoms with Gasteiger partial charge < -0.3 is 15.6 Å². The summed E-state index contributed by atoms with van der Waals surface area (Å²) in [6, 6.07) is -0.00665. The zero-order valence-electron chi connectivity index (χ0n) is 15.7. The quantitative estimate of drug-likeness (QED) is 0.669. The number of halogens is 3. The van der Waals surface area contributed by atoms with E-state index in [1.807, 2.05) is 13.8 Å². The lowest BCUT2D eigenvalue weighted by atomic mass is 10.0. The van der Waals surface area contributed by atoms with E-state index in [0.29, 0.717) is 23.7 Å². The van der Waals surface area contributed by atoms with Gasteiger partial charge in [-0.25, -0.2) is 13.2 Å². The van der Waals surface area contributed by atoms with E-state index in [1.165, 1.54) is 0 Å². The van der Waals surface area contributed by atoms with Crippen LogP contribution in [0.15, 0.2) is 16.7 Å². The second-order valence-corrected chi connectivity index (χ2v) is 7.58. The summed E-state index contributed by atoms with van der Waals surface area (Å²) in [5.74, 6) is -2.37. The summed E-state index contributed by atoms with van der Waals surface area (Å²) in [6.07, 6.45) is 1.85. The highest BCUT2D eigenvalue weighted by Gasteiger charge is 2.31. The van der Waals surface area contributed by atoms with Crippen LogP contribution in [0.3, 0.4) is 0 Å². The van der Waals surface area contributed by atoms with Gasteiger partial charge >= 0.3 is 0 Å². The van der Waals surface area contributed by atoms with Crippen LogP contribution < -0.4 is 11.1 Å². The summed E-state index contributed by atoms with van der Waals surface area (Å²) in [7, 11) is 0. The Hall–Kier alpha value is -2.42. The molecule has 1 aromatic heterocycles. The van der Waals surface area contributed by atoms with E-state index in [2.05, 4.69) is 15.5 Å². The topological polar surface area (TPSA) is 94.0 Å². The predicted molar refractivity (Wildman–Crippen MR) is 94.6 cm³/mol. The summed E-state index contributed by atoms with van der Waals surface area (Å²) < 4.78 is 45.4. The summed E-state index contributed by atoms with van der Waals surface area (Å²) in [5, 5.41) is 6.77. The number of hydrogen-bond acceptors (Lipinski definition) is 5. The summed E-state index contributed by atoms with van der Waals surface area (Å²) >= 11 is 0. The number of benzene rings is 1. The number of rotatable bonds is 8. The van der Waals surface area contributed by atoms with Crippen molar-refractivity contribution < 1.29 is 22.5 Å². The monoisotopic (exact) mass is 396 g/mol. The van der Waals surface area contributed by atoms with Crippen molar-refractivity contribution in [3.63, 3.8) is 0 Å². The molecular formula is C19H23F3N4O2. The molecular weight excluding hydrogens is 373 g/mol. The van der Waals surface area contributed by atoms with Crippen LogP contribution in [0.5, 0.6) is 0 Å². The molecule has 1 aromatic carbocycles. The Morgan fingerprint density at radius 1 is 1.25 bits per heavy atom. The maximum Gasteiger partial charge on any atom is 0.249 e. The molecule has 6 nitrogen and oxygen atoms in total. The lowest BCUT2D eigenvalue weighted by Gasteiger charge is -2.20. The van der Waals surface area contributed by atoms with E-state index in [-0.39, 0.29) is 30.2 Å². The Morgan fingerprint density at radius 3 is 2.57 bits per heavy atom. The van der Waals surface area contributed by atoms with Crippen molar-refractivity contribution >= 4 is 5.91 Å². The Kier molecular flexibility index (Phi) is 6.02. The van der Waals surface area contributed by atoms with E-state index in [0.717, 1.165) is 18.9 Å². The van der Waals surface area contributed by atoms with Crippen LogP contribution >= 0.6 is 0 Å². The Labute approximate surface area is 160 Å². The molecule has 2 atom stereocenters. The average Bonchev–Trinajstić information content (AvgIpc) is 3.35. The zero-order valence-corrected chi connectivity index (χ0v) is 15.7. The molecule has 0 bridgehead atoms. The van der Waals surface area contributed by atoms with Crippen LogP contribution in [-0.2, 0) is 11.2 Å². The molecule has 1 aliphatic carbocycles. The van der Waals surface area contributed by atoms with Crippen molar-refractivity contribution in [2.75, 3.05) is 0 Å². The number of carbonyl (C=O) groups excluding carboxylic acids is 1. The second kappa shape index (κ2) is 8.30. The molecule has 1 fully saturated rings. The van der Waals surface area contributed by atoms with Crippen LogP contribution in [0.1, 0.15) is 62.3 Å². The van der Waals surface area contributed by atoms with Gasteiger partial charge in [-0.3, -0.25) is 4.79 Å². The molecule has 3 N–H and O–H groups in total. The van der Waals surface area contributed by atoms with Crippen molar-refractivity contribution in [2.24, 2.45) is 11.7 Å². The van der Waals surface area contributed by atoms with Crippen LogP contribution in [0.4, 0.5) is 13.2 Å². The van der Waals surface area contributed by atoms with Gasteiger partial charge in [0.05, 0.1) is 0 Å². The van der Waals surface area contributed by atoms with Gasteiger partial charge in [-0.05, 0) is 36.8 Å². The fourth-order valence-corrected chi connectivity index (χ4v) is 2.94. The molecule has 9 heteroatoms. The van der Waals surface area contributed by atoms with Crippen molar-refractivity contribution in [3.8, 4) is 0 Å². The smallest absolute Gasteiger partial charge is 0.249 e. The van der Waals surface area contributed by atoms with E-state index in [4.69, 9.17) is 10.3 Å². The molecule has 0 aliphatic heterocycles. The minimum absolute atomic E-state index is 0.00341. The summed E-state index contributed by atoms with van der Waals surface area (Å²) in [5.41, 5.74) is 5.83. The van der Waals surface area contributed by atoms with Crippen LogP contribution in [0.2, 0.25) is 0 Å². The maximum absolute atomic E-state index is 13.7. The zero-order chi connectivity index (χ0) is 20.4. The summed E-state index contributed by atoms with van der Waals surface area (Å²) in [4.78, 5) is 16.8. The highest BCUT2D eigenvalue weighted by atomic mass is 19.2. The first-order valence-corrected chi connectivity index (χ1v) is 9.26. The minimum Gasteiger partial charge on any atom is -0.344 e. The number of nitrogens with zero attached hydrogens (tertiary/aromatic N) is 2. The molecule has 1 heterocycles. The Balaban J connectivity index is 1.60. The average molecular weight is 396 g/mol. The molecule has 1 amide bonds. The maximum atomic E-state index is 13.7. The van der Waals surface area contributed by atoms with Crippen LogP contribution in [0.25, 0.3) is 0 Å². The first kappa shape index (κ1) is 20.3. The molecule has 152 valence electrons. The van der Waals surface area contributed by atoms with Gasteiger partial charge in [0.15, 0.2) is 17.5 Å². The highest BCUT2D eigenvalue weighted by Crippen LogP contribution is 2.38. The minimum atomic E-state index is -1.27. The molecule has 2 aromatic rings. The first-order valence-electron chi connectivity index (χ1n) is 9.26. The largest absolute Gasteiger partial charge is 0.344 e. The third kappa shape index (κ3) is 4.89. The van der Waals surface area contributed by atoms with E-state index >= 15 is 0 Å². The lowest BCUT2D eigenvalue weighted by Crippen LogP contribution is -2.37. The predicted octanol–water partition coefficient (Wildman–Crippen LogP) is 3.14. The van der Waals surface area contributed by atoms with E-state index < -0.39 is 29.5 Å². The normalized spacial score (nSPS) is 16.2. The molecule has 3 rings (SSSR count). The molecule has 0 saturated heterocycles. The van der Waals surface area contributed by atoms with E-state index in [9.17, 15) is 18.0 Å². The van der Waals surface area contributed by atoms with Gasteiger partial charge in [0.25, 0.3) is 0 Å². The number of nitrogens with two attached hydrogens (primary N) is 1. The molecule has 0 radical (unpaired) electrons. The highest BCUT2D eigenvalue weighted by molar-refractivity contribution is 5.77.